The van der Waals surface area contributed by atoms with Crippen molar-refractivity contribution in [2.45, 2.75) is 32.6 Å². The number of ketones is 1. The molecule has 18 heavy (non-hydrogen) atoms. The summed E-state index contributed by atoms with van der Waals surface area (Å²) in [4.78, 5) is 16.6. The number of nitrogen functional groups attached to an aromatic ring is 1. The molecule has 1 aromatic rings. The lowest BCUT2D eigenvalue weighted by Crippen LogP contribution is -2.32. The monoisotopic (exact) mass is 247 g/mol. The van der Waals surface area contributed by atoms with Crippen molar-refractivity contribution >= 4 is 11.6 Å². The number of anilines is 1. The first kappa shape index (κ1) is 13.0. The molecule has 4 nitrogen and oxygen atoms in total. The van der Waals surface area contributed by atoms with E-state index in [1.807, 2.05) is 13.0 Å². The van der Waals surface area contributed by atoms with E-state index in [1.54, 1.807) is 6.20 Å². The van der Waals surface area contributed by atoms with Crippen LogP contribution in [0.15, 0.2) is 12.3 Å². The van der Waals surface area contributed by atoms with Crippen molar-refractivity contribution in [2.24, 2.45) is 17.6 Å². The van der Waals surface area contributed by atoms with E-state index in [2.05, 4.69) is 4.98 Å². The topological polar surface area (TPSA) is 82.0 Å². The molecular weight excluding hydrogens is 226 g/mol. The van der Waals surface area contributed by atoms with E-state index < -0.39 is 0 Å². The number of hydrogen-bond acceptors (Lipinski definition) is 4. The number of nitrogens with zero attached hydrogens (tertiary/aromatic N) is 1. The molecule has 1 heterocycles. The Kier molecular flexibility index (Phi) is 3.97. The van der Waals surface area contributed by atoms with Gasteiger partial charge in [0, 0.05) is 12.1 Å². The molecule has 1 fully saturated rings. The van der Waals surface area contributed by atoms with Crippen LogP contribution in [0.1, 0.15) is 41.6 Å². The van der Waals surface area contributed by atoms with Crippen LogP contribution in [-0.4, -0.2) is 17.3 Å². The summed E-state index contributed by atoms with van der Waals surface area (Å²) in [5.74, 6) is 0.784. The third-order valence-electron chi connectivity index (χ3n) is 3.87. The van der Waals surface area contributed by atoms with Crippen molar-refractivity contribution in [1.82, 2.24) is 4.98 Å². The molecule has 0 spiro atoms. The molecule has 1 saturated carbocycles. The normalized spacial score (nSPS) is 23.9. The van der Waals surface area contributed by atoms with E-state index in [1.165, 1.54) is 6.42 Å². The van der Waals surface area contributed by atoms with Crippen LogP contribution >= 0.6 is 0 Å². The van der Waals surface area contributed by atoms with Gasteiger partial charge in [-0.3, -0.25) is 4.79 Å². The Balaban J connectivity index is 2.26. The third kappa shape index (κ3) is 2.53. The van der Waals surface area contributed by atoms with Crippen molar-refractivity contribution in [3.63, 3.8) is 0 Å². The molecule has 2 unspecified atom stereocenters. The fourth-order valence-corrected chi connectivity index (χ4v) is 2.81. The molecule has 1 aliphatic carbocycles. The lowest BCUT2D eigenvalue weighted by Gasteiger charge is -2.29. The molecule has 0 aliphatic heterocycles. The maximum Gasteiger partial charge on any atom is 0.169 e. The van der Waals surface area contributed by atoms with Crippen LogP contribution in [0.25, 0.3) is 0 Å². The van der Waals surface area contributed by atoms with Gasteiger partial charge in [0.1, 0.15) is 5.82 Å². The van der Waals surface area contributed by atoms with Crippen molar-refractivity contribution in [3.8, 4) is 0 Å². The SMILES string of the molecule is Cc1cnc(N)c(C(=O)C2CCCCC2CN)c1. The van der Waals surface area contributed by atoms with Crippen LogP contribution in [-0.2, 0) is 0 Å². The highest BCUT2D eigenvalue weighted by molar-refractivity contribution is 6.01. The second-order valence-electron chi connectivity index (χ2n) is 5.20. The predicted molar refractivity (Wildman–Crippen MR) is 72.2 cm³/mol. The molecular formula is C14H21N3O. The zero-order chi connectivity index (χ0) is 13.1. The lowest BCUT2D eigenvalue weighted by atomic mass is 9.75. The van der Waals surface area contributed by atoms with Gasteiger partial charge in [-0.15, -0.1) is 0 Å². The first-order valence-corrected chi connectivity index (χ1v) is 6.60. The average molecular weight is 247 g/mol. The molecule has 0 amide bonds. The zero-order valence-electron chi connectivity index (χ0n) is 10.9. The number of carbonyl (C=O) groups excluding carboxylic acids is 1. The minimum atomic E-state index is 0.0228. The number of nitrogens with two attached hydrogens (primary N) is 2. The summed E-state index contributed by atoms with van der Waals surface area (Å²) < 4.78 is 0. The predicted octanol–water partition coefficient (Wildman–Crippen LogP) is 1.92. The number of pyridine rings is 1. The molecule has 0 radical (unpaired) electrons. The fraction of sp³-hybridized carbons (Fsp3) is 0.571. The Hall–Kier alpha value is -1.42. The minimum Gasteiger partial charge on any atom is -0.383 e. The van der Waals surface area contributed by atoms with E-state index in [9.17, 15) is 4.79 Å². The summed E-state index contributed by atoms with van der Waals surface area (Å²) >= 11 is 0. The quantitative estimate of drug-likeness (QED) is 0.799. The highest BCUT2D eigenvalue weighted by atomic mass is 16.1. The summed E-state index contributed by atoms with van der Waals surface area (Å²) in [6.45, 7) is 2.50. The molecule has 0 saturated heterocycles. The van der Waals surface area contributed by atoms with Gasteiger partial charge >= 0.3 is 0 Å². The summed E-state index contributed by atoms with van der Waals surface area (Å²) in [5, 5.41) is 0. The molecule has 2 atom stereocenters. The summed E-state index contributed by atoms with van der Waals surface area (Å²) in [7, 11) is 0. The highest BCUT2D eigenvalue weighted by Gasteiger charge is 2.31. The van der Waals surface area contributed by atoms with Gasteiger partial charge in [0.15, 0.2) is 5.78 Å². The summed E-state index contributed by atoms with van der Waals surface area (Å²) in [6.07, 6.45) is 5.94. The van der Waals surface area contributed by atoms with E-state index >= 15 is 0 Å². The van der Waals surface area contributed by atoms with E-state index in [0.717, 1.165) is 24.8 Å². The van der Waals surface area contributed by atoms with Gasteiger partial charge in [-0.05, 0) is 43.9 Å². The number of rotatable bonds is 3. The minimum absolute atomic E-state index is 0.0228. The van der Waals surface area contributed by atoms with Gasteiger partial charge in [0.2, 0.25) is 0 Å². The maximum absolute atomic E-state index is 12.6. The molecule has 1 aromatic heterocycles. The van der Waals surface area contributed by atoms with Crippen LogP contribution in [0.4, 0.5) is 5.82 Å². The first-order chi connectivity index (χ1) is 8.63. The van der Waals surface area contributed by atoms with E-state index in [-0.39, 0.29) is 11.7 Å². The third-order valence-corrected chi connectivity index (χ3v) is 3.87. The Bertz CT molecular complexity index is 445. The Labute approximate surface area is 108 Å². The molecule has 0 bridgehead atoms. The van der Waals surface area contributed by atoms with Crippen molar-refractivity contribution in [3.05, 3.63) is 23.4 Å². The average Bonchev–Trinajstić information content (AvgIpc) is 2.40. The number of hydrogen-bond donors (Lipinski definition) is 2. The summed E-state index contributed by atoms with van der Waals surface area (Å²) in [6, 6.07) is 1.84. The fourth-order valence-electron chi connectivity index (χ4n) is 2.81. The van der Waals surface area contributed by atoms with Crippen LogP contribution in [0.3, 0.4) is 0 Å². The number of aromatic nitrogens is 1. The Morgan fingerprint density at radius 3 is 2.89 bits per heavy atom. The Morgan fingerprint density at radius 2 is 2.17 bits per heavy atom. The second kappa shape index (κ2) is 5.48. The molecule has 0 aromatic carbocycles. The molecule has 2 rings (SSSR count). The smallest absolute Gasteiger partial charge is 0.169 e. The van der Waals surface area contributed by atoms with Gasteiger partial charge in [-0.1, -0.05) is 12.8 Å². The first-order valence-electron chi connectivity index (χ1n) is 6.60. The van der Waals surface area contributed by atoms with Gasteiger partial charge in [-0.25, -0.2) is 4.98 Å². The lowest BCUT2D eigenvalue weighted by molar-refractivity contribution is 0.0830. The molecule has 98 valence electrons. The van der Waals surface area contributed by atoms with Gasteiger partial charge < -0.3 is 11.5 Å². The van der Waals surface area contributed by atoms with Crippen molar-refractivity contribution < 1.29 is 4.79 Å². The van der Waals surface area contributed by atoms with Crippen molar-refractivity contribution in [2.75, 3.05) is 12.3 Å². The van der Waals surface area contributed by atoms with Gasteiger partial charge in [0.25, 0.3) is 0 Å². The van der Waals surface area contributed by atoms with Crippen LogP contribution in [0.5, 0.6) is 0 Å². The van der Waals surface area contributed by atoms with Crippen LogP contribution in [0, 0.1) is 18.8 Å². The van der Waals surface area contributed by atoms with Crippen LogP contribution < -0.4 is 11.5 Å². The zero-order valence-corrected chi connectivity index (χ0v) is 10.9. The maximum atomic E-state index is 12.6. The van der Waals surface area contributed by atoms with Crippen LogP contribution in [0.2, 0.25) is 0 Å². The Morgan fingerprint density at radius 1 is 1.44 bits per heavy atom. The second-order valence-corrected chi connectivity index (χ2v) is 5.20. The standard InChI is InChI=1S/C14H21N3O/c1-9-6-12(14(16)17-8-9)13(18)11-5-3-2-4-10(11)7-15/h6,8,10-11H,2-5,7,15H2,1H3,(H2,16,17). The molecule has 4 heteroatoms. The number of Topliss-reactive ketones (excluding diaryl/α,β-unsaturated/α-hetero) is 1. The molecule has 1 aliphatic rings. The van der Waals surface area contributed by atoms with Crippen molar-refractivity contribution in [1.29, 1.82) is 0 Å². The van der Waals surface area contributed by atoms with E-state index in [0.29, 0.717) is 23.8 Å². The highest BCUT2D eigenvalue weighted by Crippen LogP contribution is 2.32. The van der Waals surface area contributed by atoms with E-state index in [4.69, 9.17) is 11.5 Å². The van der Waals surface area contributed by atoms with Gasteiger partial charge in [0.05, 0.1) is 5.56 Å². The van der Waals surface area contributed by atoms with Gasteiger partial charge in [-0.2, -0.15) is 0 Å². The summed E-state index contributed by atoms with van der Waals surface area (Å²) in [5.41, 5.74) is 13.1. The number of carbonyl (C=O) groups is 1. The largest absolute Gasteiger partial charge is 0.383 e. The molecule has 4 N–H and O–H groups in total. The number of aryl methyl sites for hydroxylation is 1.